The van der Waals surface area contributed by atoms with Crippen molar-refractivity contribution in [3.8, 4) is 0 Å². The first-order valence-electron chi connectivity index (χ1n) is 8.92. The number of benzene rings is 2. The lowest BCUT2D eigenvalue weighted by Crippen LogP contribution is -2.29. The third-order valence-corrected chi connectivity index (χ3v) is 4.75. The van der Waals surface area contributed by atoms with Gasteiger partial charge in [-0.25, -0.2) is 0 Å². The van der Waals surface area contributed by atoms with Gasteiger partial charge in [0.2, 0.25) is 0 Å². The summed E-state index contributed by atoms with van der Waals surface area (Å²) in [6.45, 7) is 1.62. The van der Waals surface area contributed by atoms with E-state index in [4.69, 9.17) is 4.52 Å². The van der Waals surface area contributed by atoms with Gasteiger partial charge in [-0.2, -0.15) is 0 Å². The van der Waals surface area contributed by atoms with Gasteiger partial charge in [0.15, 0.2) is 5.82 Å². The average Bonchev–Trinajstić information content (AvgIpc) is 3.29. The Balaban J connectivity index is 1.97. The molecule has 0 unspecified atom stereocenters. The number of nitro benzene ring substituents is 1. The van der Waals surface area contributed by atoms with Crippen LogP contribution in [-0.2, 0) is 9.59 Å². The molecule has 0 saturated carbocycles. The highest BCUT2D eigenvalue weighted by atomic mass is 16.6. The van der Waals surface area contributed by atoms with Gasteiger partial charge < -0.3 is 9.63 Å². The zero-order chi connectivity index (χ0) is 21.4. The quantitative estimate of drug-likeness (QED) is 0.231. The Hall–Kier alpha value is -4.27. The minimum absolute atomic E-state index is 0.0678. The SMILES string of the molecule is Cc1cc(N2C(=O)C(=O)/C(=C(/O)c3ccccc3)[C@H]2c2cccc([N+](=O)[O-])c2)no1. The van der Waals surface area contributed by atoms with Crippen LogP contribution in [0.15, 0.2) is 70.8 Å². The third-order valence-electron chi connectivity index (χ3n) is 4.75. The van der Waals surface area contributed by atoms with Gasteiger partial charge in [-0.15, -0.1) is 0 Å². The number of Topliss-reactive ketones (excluding diaryl/α,β-unsaturated/α-hetero) is 1. The molecule has 0 bridgehead atoms. The Morgan fingerprint density at radius 3 is 2.50 bits per heavy atom. The Labute approximate surface area is 170 Å². The monoisotopic (exact) mass is 405 g/mol. The fourth-order valence-corrected chi connectivity index (χ4v) is 3.41. The predicted molar refractivity (Wildman–Crippen MR) is 106 cm³/mol. The van der Waals surface area contributed by atoms with E-state index in [2.05, 4.69) is 5.16 Å². The molecule has 2 heterocycles. The van der Waals surface area contributed by atoms with Crippen LogP contribution in [0.25, 0.3) is 5.76 Å². The second kappa shape index (κ2) is 7.28. The number of non-ortho nitro benzene ring substituents is 1. The molecule has 2 aromatic carbocycles. The van der Waals surface area contributed by atoms with Crippen LogP contribution >= 0.6 is 0 Å². The van der Waals surface area contributed by atoms with E-state index in [0.717, 1.165) is 4.90 Å². The number of ketones is 1. The van der Waals surface area contributed by atoms with Crippen molar-refractivity contribution in [2.75, 3.05) is 4.90 Å². The van der Waals surface area contributed by atoms with E-state index in [-0.39, 0.29) is 28.4 Å². The van der Waals surface area contributed by atoms with E-state index in [1.54, 1.807) is 43.3 Å². The van der Waals surface area contributed by atoms with Gasteiger partial charge in [-0.3, -0.25) is 24.6 Å². The van der Waals surface area contributed by atoms with Crippen LogP contribution in [0.4, 0.5) is 11.5 Å². The molecule has 1 amide bonds. The highest BCUT2D eigenvalue weighted by Crippen LogP contribution is 2.42. The lowest BCUT2D eigenvalue weighted by molar-refractivity contribution is -0.384. The zero-order valence-electron chi connectivity index (χ0n) is 15.7. The molecule has 0 spiro atoms. The lowest BCUT2D eigenvalue weighted by atomic mass is 9.95. The Bertz CT molecular complexity index is 1200. The lowest BCUT2D eigenvalue weighted by Gasteiger charge is -2.22. The normalized spacial score (nSPS) is 18.0. The molecule has 3 aromatic rings. The number of carbonyl (C=O) groups excluding carboxylic acids is 2. The van der Waals surface area contributed by atoms with Crippen LogP contribution in [0.5, 0.6) is 0 Å². The van der Waals surface area contributed by atoms with E-state index in [9.17, 15) is 24.8 Å². The number of aryl methyl sites for hydroxylation is 1. The Morgan fingerprint density at radius 2 is 1.87 bits per heavy atom. The van der Waals surface area contributed by atoms with Crippen LogP contribution in [0, 0.1) is 17.0 Å². The predicted octanol–water partition coefficient (Wildman–Crippen LogP) is 3.52. The maximum absolute atomic E-state index is 12.9. The molecule has 1 N–H and O–H groups in total. The van der Waals surface area contributed by atoms with Crippen LogP contribution in [0.3, 0.4) is 0 Å². The summed E-state index contributed by atoms with van der Waals surface area (Å²) in [7, 11) is 0. The summed E-state index contributed by atoms with van der Waals surface area (Å²) in [5, 5.41) is 26.0. The van der Waals surface area contributed by atoms with E-state index < -0.39 is 22.7 Å². The standard InChI is InChI=1S/C21H15N3O6/c1-12-10-16(22-30-12)23-18(14-8-5-9-15(11-14)24(28)29)17(20(26)21(23)27)19(25)13-6-3-2-4-7-13/h2-11,18,25H,1H3/b19-17+/t18-/m1/s1. The van der Waals surface area contributed by atoms with E-state index >= 15 is 0 Å². The Kier molecular flexibility index (Phi) is 4.63. The fourth-order valence-electron chi connectivity index (χ4n) is 3.41. The molecule has 30 heavy (non-hydrogen) atoms. The van der Waals surface area contributed by atoms with Gasteiger partial charge in [-0.05, 0) is 12.5 Å². The molecule has 1 aliphatic heterocycles. The smallest absolute Gasteiger partial charge is 0.301 e. The maximum Gasteiger partial charge on any atom is 0.301 e. The van der Waals surface area contributed by atoms with Crippen molar-refractivity contribution in [1.29, 1.82) is 0 Å². The topological polar surface area (TPSA) is 127 Å². The second-order valence-electron chi connectivity index (χ2n) is 6.68. The van der Waals surface area contributed by atoms with Crippen molar-refractivity contribution in [3.63, 3.8) is 0 Å². The number of nitrogens with zero attached hydrogens (tertiary/aromatic N) is 3. The number of nitro groups is 1. The molecule has 1 atom stereocenters. The zero-order valence-corrected chi connectivity index (χ0v) is 15.7. The van der Waals surface area contributed by atoms with Crippen molar-refractivity contribution in [3.05, 3.63) is 93.2 Å². The van der Waals surface area contributed by atoms with Crippen molar-refractivity contribution < 1.29 is 24.1 Å². The maximum atomic E-state index is 12.9. The number of rotatable bonds is 4. The number of carbonyl (C=O) groups is 2. The van der Waals surface area contributed by atoms with E-state index in [0.29, 0.717) is 11.3 Å². The van der Waals surface area contributed by atoms with Crippen molar-refractivity contribution in [2.45, 2.75) is 13.0 Å². The molecule has 1 aromatic heterocycles. The van der Waals surface area contributed by atoms with Gasteiger partial charge >= 0.3 is 5.91 Å². The summed E-state index contributed by atoms with van der Waals surface area (Å²) >= 11 is 0. The summed E-state index contributed by atoms with van der Waals surface area (Å²) in [6.07, 6.45) is 0. The van der Waals surface area contributed by atoms with Gasteiger partial charge in [0.1, 0.15) is 11.5 Å². The molecule has 150 valence electrons. The molecule has 9 nitrogen and oxygen atoms in total. The van der Waals surface area contributed by atoms with Gasteiger partial charge in [0, 0.05) is 23.8 Å². The summed E-state index contributed by atoms with van der Waals surface area (Å²) in [5.74, 6) is -1.75. The van der Waals surface area contributed by atoms with Crippen LogP contribution in [0.2, 0.25) is 0 Å². The minimum atomic E-state index is -1.12. The molecule has 1 aliphatic rings. The molecular weight excluding hydrogens is 390 g/mol. The van der Waals surface area contributed by atoms with Crippen LogP contribution in [0.1, 0.15) is 22.9 Å². The number of hydrogen-bond acceptors (Lipinski definition) is 7. The number of anilines is 1. The van der Waals surface area contributed by atoms with Crippen molar-refractivity contribution >= 4 is 29.0 Å². The molecular formula is C21H15N3O6. The first-order valence-corrected chi connectivity index (χ1v) is 8.92. The summed E-state index contributed by atoms with van der Waals surface area (Å²) < 4.78 is 5.05. The highest BCUT2D eigenvalue weighted by molar-refractivity contribution is 6.51. The number of aliphatic hydroxyl groups excluding tert-OH is 1. The summed E-state index contributed by atoms with van der Waals surface area (Å²) in [6, 6.07) is 14.2. The molecule has 0 aliphatic carbocycles. The minimum Gasteiger partial charge on any atom is -0.507 e. The molecule has 1 fully saturated rings. The first-order chi connectivity index (χ1) is 14.4. The van der Waals surface area contributed by atoms with Crippen molar-refractivity contribution in [2.24, 2.45) is 0 Å². The number of aromatic nitrogens is 1. The first kappa shape index (κ1) is 19.1. The van der Waals surface area contributed by atoms with Crippen LogP contribution in [-0.4, -0.2) is 26.9 Å². The third kappa shape index (κ3) is 3.12. The van der Waals surface area contributed by atoms with E-state index in [1.807, 2.05) is 0 Å². The number of aliphatic hydroxyl groups is 1. The summed E-state index contributed by atoms with van der Waals surface area (Å²) in [5.41, 5.74) is 0.213. The second-order valence-corrected chi connectivity index (χ2v) is 6.68. The number of amides is 1. The van der Waals surface area contributed by atoms with Gasteiger partial charge in [0.25, 0.3) is 11.5 Å². The van der Waals surface area contributed by atoms with Crippen LogP contribution < -0.4 is 4.90 Å². The van der Waals surface area contributed by atoms with Gasteiger partial charge in [0.05, 0.1) is 16.5 Å². The summed E-state index contributed by atoms with van der Waals surface area (Å²) in [4.78, 5) is 37.5. The fraction of sp³-hybridized carbons (Fsp3) is 0.0952. The highest BCUT2D eigenvalue weighted by Gasteiger charge is 2.48. The molecule has 0 radical (unpaired) electrons. The largest absolute Gasteiger partial charge is 0.507 e. The average molecular weight is 405 g/mol. The van der Waals surface area contributed by atoms with E-state index in [1.165, 1.54) is 24.3 Å². The molecule has 9 heteroatoms. The van der Waals surface area contributed by atoms with Crippen molar-refractivity contribution in [1.82, 2.24) is 5.16 Å². The number of hydrogen-bond donors (Lipinski definition) is 1. The molecule has 1 saturated heterocycles. The molecule has 4 rings (SSSR count). The van der Waals surface area contributed by atoms with Gasteiger partial charge in [-0.1, -0.05) is 47.6 Å². The Morgan fingerprint density at radius 1 is 1.13 bits per heavy atom.